The lowest BCUT2D eigenvalue weighted by atomic mass is 10.0. The second kappa shape index (κ2) is 10.7. The highest BCUT2D eigenvalue weighted by Gasteiger charge is 2.25. The maximum atomic E-state index is 8.26. The van der Waals surface area contributed by atoms with Gasteiger partial charge in [-0.15, -0.1) is 0 Å². The monoisotopic (exact) mass is 496 g/mol. The summed E-state index contributed by atoms with van der Waals surface area (Å²) >= 11 is 0. The molecule has 0 atom stereocenters. The van der Waals surface area contributed by atoms with Crippen LogP contribution in [0.3, 0.4) is 0 Å². The third-order valence-electron chi connectivity index (χ3n) is 7.25. The fourth-order valence-electron chi connectivity index (χ4n) is 5.22. The Morgan fingerprint density at radius 2 is 1.95 bits per heavy atom. The van der Waals surface area contributed by atoms with Gasteiger partial charge in [0.05, 0.1) is 18.8 Å². The van der Waals surface area contributed by atoms with Crippen LogP contribution in [0.2, 0.25) is 0 Å². The van der Waals surface area contributed by atoms with E-state index in [1.54, 1.807) is 0 Å². The molecule has 3 N–H and O–H groups in total. The van der Waals surface area contributed by atoms with Crippen LogP contribution < -0.4 is 10.2 Å². The quantitative estimate of drug-likeness (QED) is 0.333. The number of anilines is 2. The van der Waals surface area contributed by atoms with Crippen molar-refractivity contribution in [3.05, 3.63) is 66.1 Å². The summed E-state index contributed by atoms with van der Waals surface area (Å²) in [5.41, 5.74) is 4.04. The van der Waals surface area contributed by atoms with Crippen LogP contribution in [-0.4, -0.2) is 76.5 Å². The van der Waals surface area contributed by atoms with E-state index in [1.165, 1.54) is 11.8 Å². The zero-order chi connectivity index (χ0) is 25.0. The largest absolute Gasteiger partial charge is 0.378 e. The average molecular weight is 497 g/mol. The van der Waals surface area contributed by atoms with Crippen molar-refractivity contribution in [2.45, 2.75) is 25.4 Å². The molecular formula is C28H32N8O. The van der Waals surface area contributed by atoms with E-state index in [0.717, 1.165) is 79.2 Å². The molecule has 4 aromatic rings. The van der Waals surface area contributed by atoms with E-state index in [0.29, 0.717) is 19.0 Å². The summed E-state index contributed by atoms with van der Waals surface area (Å²) in [7, 11) is 0. The van der Waals surface area contributed by atoms with Gasteiger partial charge in [0.15, 0.2) is 5.82 Å². The molecule has 9 nitrogen and oxygen atoms in total. The lowest BCUT2D eigenvalue weighted by Gasteiger charge is -2.34. The van der Waals surface area contributed by atoms with E-state index < -0.39 is 0 Å². The number of ether oxygens (including phenoxy) is 1. The van der Waals surface area contributed by atoms with E-state index in [-0.39, 0.29) is 6.04 Å². The number of nitrogens with zero attached hydrogens (tertiary/aromatic N) is 5. The van der Waals surface area contributed by atoms with Crippen molar-refractivity contribution in [1.82, 2.24) is 24.8 Å². The minimum Gasteiger partial charge on any atom is -0.378 e. The molecule has 0 spiro atoms. The molecule has 6 rings (SSSR count). The lowest BCUT2D eigenvalue weighted by Crippen LogP contribution is -2.40. The van der Waals surface area contributed by atoms with Crippen LogP contribution in [0, 0.1) is 5.41 Å². The maximum Gasteiger partial charge on any atom is 0.163 e. The summed E-state index contributed by atoms with van der Waals surface area (Å²) < 4.78 is 5.58. The Balaban J connectivity index is 1.27. The summed E-state index contributed by atoms with van der Waals surface area (Å²) in [6, 6.07) is 12.7. The normalized spacial score (nSPS) is 17.2. The fourth-order valence-corrected chi connectivity index (χ4v) is 5.22. The Hall–Kier alpha value is -3.82. The van der Waals surface area contributed by atoms with Gasteiger partial charge in [0.2, 0.25) is 0 Å². The average Bonchev–Trinajstić information content (AvgIpc) is 3.43. The molecule has 3 aromatic heterocycles. The predicted molar refractivity (Wildman–Crippen MR) is 146 cm³/mol. The molecule has 190 valence electrons. The van der Waals surface area contributed by atoms with Crippen molar-refractivity contribution in [3.63, 3.8) is 0 Å². The molecule has 0 amide bonds. The van der Waals surface area contributed by atoms with Crippen molar-refractivity contribution < 1.29 is 4.74 Å². The zero-order valence-corrected chi connectivity index (χ0v) is 20.9. The number of H-pyrrole nitrogens is 1. The van der Waals surface area contributed by atoms with Gasteiger partial charge in [0.25, 0.3) is 0 Å². The number of hydrogen-bond donors (Lipinski definition) is 3. The van der Waals surface area contributed by atoms with E-state index in [4.69, 9.17) is 20.1 Å². The summed E-state index contributed by atoms with van der Waals surface area (Å²) in [5, 5.41) is 13.1. The number of hydrogen-bond acceptors (Lipinski definition) is 8. The first-order chi connectivity index (χ1) is 18.3. The number of fused-ring (bicyclic) bond motifs is 1. The zero-order valence-electron chi connectivity index (χ0n) is 20.9. The van der Waals surface area contributed by atoms with Gasteiger partial charge in [0, 0.05) is 80.0 Å². The number of likely N-dealkylation sites (tertiary alicyclic amines) is 1. The Bertz CT molecular complexity index is 1360. The summed E-state index contributed by atoms with van der Waals surface area (Å²) in [5.74, 6) is 2.21. The molecular weight excluding hydrogens is 464 g/mol. The fraction of sp³-hybridized carbons (Fsp3) is 0.357. The summed E-state index contributed by atoms with van der Waals surface area (Å²) in [6.07, 6.45) is 9.13. The molecule has 0 bridgehead atoms. The van der Waals surface area contributed by atoms with Crippen molar-refractivity contribution in [2.24, 2.45) is 0 Å². The number of aromatic amines is 1. The summed E-state index contributed by atoms with van der Waals surface area (Å²) in [6.45, 7) is 5.75. The van der Waals surface area contributed by atoms with Gasteiger partial charge in [-0.25, -0.2) is 9.97 Å². The number of nitrogens with one attached hydrogen (secondary N) is 3. The van der Waals surface area contributed by atoms with Crippen molar-refractivity contribution >= 4 is 28.8 Å². The molecule has 37 heavy (non-hydrogen) atoms. The van der Waals surface area contributed by atoms with Gasteiger partial charge in [-0.2, -0.15) is 0 Å². The molecule has 0 radical (unpaired) electrons. The number of benzene rings is 1. The summed E-state index contributed by atoms with van der Waals surface area (Å²) in [4.78, 5) is 22.1. The van der Waals surface area contributed by atoms with Crippen LogP contribution in [0.5, 0.6) is 0 Å². The van der Waals surface area contributed by atoms with Crippen LogP contribution >= 0.6 is 0 Å². The van der Waals surface area contributed by atoms with Crippen molar-refractivity contribution in [2.75, 3.05) is 49.6 Å². The van der Waals surface area contributed by atoms with E-state index in [9.17, 15) is 0 Å². The Kier molecular flexibility index (Phi) is 6.79. The van der Waals surface area contributed by atoms with Crippen LogP contribution in [0.25, 0.3) is 22.3 Å². The van der Waals surface area contributed by atoms with Gasteiger partial charge in [-0.1, -0.05) is 6.07 Å². The standard InChI is InChI=1S/C28H32N8O/c29-17-24-27(32-23-6-10-35(11-7-23)19-20-2-1-8-30-18-20)33-26(34-28(24)36-12-14-37-15-13-36)22-3-4-25-21(16-22)5-9-31-25/h1-5,8-9,16-18,23,29,31H,6-7,10-15,19H2,(H,32,33,34). The molecule has 5 heterocycles. The molecule has 9 heteroatoms. The Labute approximate surface area is 216 Å². The van der Waals surface area contributed by atoms with E-state index in [2.05, 4.69) is 55.4 Å². The smallest absolute Gasteiger partial charge is 0.163 e. The SMILES string of the molecule is N=Cc1c(NC2CCN(Cc3cccnc3)CC2)nc(-c2ccc3[nH]ccc3c2)nc1N1CCOCC1. The van der Waals surface area contributed by atoms with E-state index >= 15 is 0 Å². The molecule has 0 unspecified atom stereocenters. The first-order valence-corrected chi connectivity index (χ1v) is 13.0. The molecule has 2 aliphatic rings. The van der Waals surface area contributed by atoms with Crippen LogP contribution in [0.1, 0.15) is 24.0 Å². The number of aromatic nitrogens is 4. The molecule has 2 fully saturated rings. The molecule has 2 aliphatic heterocycles. The van der Waals surface area contributed by atoms with Crippen LogP contribution in [-0.2, 0) is 11.3 Å². The minimum absolute atomic E-state index is 0.288. The highest BCUT2D eigenvalue weighted by molar-refractivity contribution is 5.92. The maximum absolute atomic E-state index is 8.26. The van der Waals surface area contributed by atoms with Gasteiger partial charge < -0.3 is 25.3 Å². The van der Waals surface area contributed by atoms with Gasteiger partial charge in [-0.05, 0) is 48.7 Å². The third-order valence-corrected chi connectivity index (χ3v) is 7.25. The molecule has 1 aromatic carbocycles. The highest BCUT2D eigenvalue weighted by Crippen LogP contribution is 2.30. The van der Waals surface area contributed by atoms with Crippen molar-refractivity contribution in [3.8, 4) is 11.4 Å². The van der Waals surface area contributed by atoms with Crippen LogP contribution in [0.4, 0.5) is 11.6 Å². The minimum atomic E-state index is 0.288. The molecule has 0 aliphatic carbocycles. The van der Waals surface area contributed by atoms with Crippen molar-refractivity contribution in [1.29, 1.82) is 5.41 Å². The predicted octanol–water partition coefficient (Wildman–Crippen LogP) is 3.93. The number of pyridine rings is 1. The second-order valence-electron chi connectivity index (χ2n) is 9.71. The number of rotatable bonds is 7. The van der Waals surface area contributed by atoms with E-state index in [1.807, 2.05) is 24.7 Å². The first-order valence-electron chi connectivity index (χ1n) is 13.0. The number of piperidine rings is 1. The van der Waals surface area contributed by atoms with Crippen LogP contribution in [0.15, 0.2) is 55.0 Å². The first kappa shape index (κ1) is 23.6. The Morgan fingerprint density at radius 1 is 1.08 bits per heavy atom. The number of morpholine rings is 1. The highest BCUT2D eigenvalue weighted by atomic mass is 16.5. The Morgan fingerprint density at radius 3 is 2.73 bits per heavy atom. The molecule has 0 saturated carbocycles. The van der Waals surface area contributed by atoms with Gasteiger partial charge >= 0.3 is 0 Å². The van der Waals surface area contributed by atoms with Gasteiger partial charge in [0.1, 0.15) is 11.6 Å². The lowest BCUT2D eigenvalue weighted by molar-refractivity contribution is 0.122. The third kappa shape index (κ3) is 5.19. The molecule has 2 saturated heterocycles. The topological polar surface area (TPSA) is 106 Å². The second-order valence-corrected chi connectivity index (χ2v) is 9.71. The van der Waals surface area contributed by atoms with Gasteiger partial charge in [-0.3, -0.25) is 9.88 Å².